The van der Waals surface area contributed by atoms with Crippen LogP contribution >= 0.6 is 11.3 Å². The van der Waals surface area contributed by atoms with E-state index in [-0.39, 0.29) is 26.7 Å². The van der Waals surface area contributed by atoms with Crippen LogP contribution < -0.4 is 27.3 Å². The number of thiazole rings is 1. The number of nitrogens with one attached hydrogen (secondary N) is 1. The first-order chi connectivity index (χ1) is 19.8. The summed E-state index contributed by atoms with van der Waals surface area (Å²) in [4.78, 5) is 51.2. The Balaban J connectivity index is 1.79. The van der Waals surface area contributed by atoms with Gasteiger partial charge in [-0.1, -0.05) is 12.1 Å². The molecule has 0 radical (unpaired) electrons. The van der Waals surface area contributed by atoms with Gasteiger partial charge in [0.25, 0.3) is 17.9 Å². The highest BCUT2D eigenvalue weighted by Gasteiger charge is 2.51. The number of aryl methyl sites for hydroxylation is 1. The number of aliphatic carboxylic acids is 1. The van der Waals surface area contributed by atoms with E-state index in [2.05, 4.69) is 20.4 Å². The number of amidine groups is 1. The predicted octanol–water partition coefficient (Wildman–Crippen LogP) is -1.28. The number of carbonyl (C=O) groups excluding carboxylic acids is 2. The lowest BCUT2D eigenvalue weighted by Gasteiger charge is -2.42. The van der Waals surface area contributed by atoms with Crippen molar-refractivity contribution in [2.75, 3.05) is 25.4 Å². The first kappa shape index (κ1) is 32.2. The standard InChI is InChI=1S/C23H30N8O9S2/c1-3-15-17(29-23(26)41-15)18(20(32)28-16-11(2)31(21(16)33)42(36,37)38)30-40-14(22(34)35)10-39-13-6-4-12(5-7-13)19(25)27-9-8-24/h4-7,11,14,16H,3,8-10,24H2,1-2H3,(H2,25,27)(H2,26,29)(H,28,32)(H,34,35)(H,36,37,38)/b30-18-/t11-,14-,16-/m0/s1. The number of aliphatic imine (C=N–C) groups is 1. The third kappa shape index (κ3) is 7.49. The Bertz CT molecular complexity index is 1490. The molecule has 0 saturated carbocycles. The topological polar surface area (TPSA) is 275 Å². The van der Waals surface area contributed by atoms with Gasteiger partial charge in [-0.3, -0.25) is 19.1 Å². The highest BCUT2D eigenvalue weighted by molar-refractivity contribution is 7.84. The number of hydrogen-bond acceptors (Lipinski definition) is 13. The normalized spacial score (nSPS) is 18.3. The van der Waals surface area contributed by atoms with Crippen LogP contribution in [0.5, 0.6) is 5.75 Å². The van der Waals surface area contributed by atoms with Crippen LogP contribution in [-0.4, -0.2) is 94.6 Å². The summed E-state index contributed by atoms with van der Waals surface area (Å²) in [6.07, 6.45) is -1.32. The molecule has 17 nitrogen and oxygen atoms in total. The lowest BCUT2D eigenvalue weighted by atomic mass is 10.0. The van der Waals surface area contributed by atoms with Gasteiger partial charge in [0.15, 0.2) is 10.8 Å². The fourth-order valence-corrected chi connectivity index (χ4v) is 5.39. The third-order valence-corrected chi connectivity index (χ3v) is 7.89. The van der Waals surface area contributed by atoms with Crippen LogP contribution in [-0.2, 0) is 35.9 Å². The fraction of sp³-hybridized carbons (Fsp3) is 0.391. The summed E-state index contributed by atoms with van der Waals surface area (Å²) >= 11 is 1.06. The number of benzene rings is 1. The molecule has 9 N–H and O–H groups in total. The average Bonchev–Trinajstić information content (AvgIpc) is 3.31. The number of oxime groups is 1. The summed E-state index contributed by atoms with van der Waals surface area (Å²) in [5.74, 6) is -3.01. The van der Waals surface area contributed by atoms with Gasteiger partial charge in [-0.2, -0.15) is 8.42 Å². The first-order valence-corrected chi connectivity index (χ1v) is 14.6. The number of aromatic nitrogens is 1. The minimum atomic E-state index is -4.83. The van der Waals surface area contributed by atoms with Crippen LogP contribution in [0.3, 0.4) is 0 Å². The van der Waals surface area contributed by atoms with Crippen molar-refractivity contribution < 1.29 is 42.0 Å². The zero-order valence-corrected chi connectivity index (χ0v) is 24.1. The van der Waals surface area contributed by atoms with E-state index >= 15 is 0 Å². The lowest BCUT2D eigenvalue weighted by molar-refractivity contribution is -0.152. The second-order valence-electron chi connectivity index (χ2n) is 8.74. The van der Waals surface area contributed by atoms with Crippen molar-refractivity contribution in [2.24, 2.45) is 21.6 Å². The van der Waals surface area contributed by atoms with Crippen LogP contribution in [0.15, 0.2) is 34.4 Å². The van der Waals surface area contributed by atoms with E-state index in [1.54, 1.807) is 31.2 Å². The van der Waals surface area contributed by atoms with Gasteiger partial charge in [-0.25, -0.2) is 14.1 Å². The van der Waals surface area contributed by atoms with Crippen LogP contribution in [0.4, 0.5) is 5.13 Å². The lowest BCUT2D eigenvalue weighted by Crippen LogP contribution is -2.71. The Morgan fingerprint density at radius 2 is 1.95 bits per heavy atom. The van der Waals surface area contributed by atoms with Gasteiger partial charge in [0, 0.05) is 17.0 Å². The van der Waals surface area contributed by atoms with Crippen molar-refractivity contribution in [3.05, 3.63) is 40.4 Å². The number of carboxylic acids is 1. The molecule has 2 aromatic rings. The van der Waals surface area contributed by atoms with Gasteiger partial charge in [-0.05, 0) is 37.6 Å². The molecule has 2 heterocycles. The second-order valence-corrected chi connectivity index (χ2v) is 11.1. The summed E-state index contributed by atoms with van der Waals surface area (Å²) < 4.78 is 37.7. The number of nitrogens with zero attached hydrogens (tertiary/aromatic N) is 4. The zero-order chi connectivity index (χ0) is 31.2. The van der Waals surface area contributed by atoms with Crippen LogP contribution in [0.2, 0.25) is 0 Å². The molecule has 1 aromatic heterocycles. The second kappa shape index (κ2) is 13.6. The first-order valence-electron chi connectivity index (χ1n) is 12.3. The van der Waals surface area contributed by atoms with Gasteiger partial charge in [0.05, 0.1) is 12.6 Å². The number of rotatable bonds is 14. The third-order valence-electron chi connectivity index (χ3n) is 5.85. The molecule has 0 aliphatic carbocycles. The molecule has 1 aliphatic heterocycles. The minimum Gasteiger partial charge on any atom is -0.489 e. The number of carbonyl (C=O) groups is 3. The number of β-lactam (4-membered cyclic amide) rings is 1. The number of amides is 2. The van der Waals surface area contributed by atoms with E-state index in [9.17, 15) is 32.5 Å². The van der Waals surface area contributed by atoms with Crippen LogP contribution in [0.25, 0.3) is 0 Å². The number of ether oxygens (including phenoxy) is 1. The van der Waals surface area contributed by atoms with Crippen molar-refractivity contribution in [1.29, 1.82) is 0 Å². The van der Waals surface area contributed by atoms with Gasteiger partial charge >= 0.3 is 16.3 Å². The molecular formula is C23H30N8O9S2. The molecule has 0 spiro atoms. The van der Waals surface area contributed by atoms with E-state index in [4.69, 9.17) is 26.8 Å². The largest absolute Gasteiger partial charge is 0.489 e. The highest BCUT2D eigenvalue weighted by atomic mass is 32.2. The van der Waals surface area contributed by atoms with E-state index in [0.29, 0.717) is 30.0 Å². The summed E-state index contributed by atoms with van der Waals surface area (Å²) in [5, 5.41) is 15.8. The number of nitrogen functional groups attached to an aromatic ring is 1. The fourth-order valence-electron chi connectivity index (χ4n) is 3.73. The maximum absolute atomic E-state index is 13.2. The molecule has 3 rings (SSSR count). The average molecular weight is 627 g/mol. The molecule has 1 saturated heterocycles. The van der Waals surface area contributed by atoms with Crippen LogP contribution in [0, 0.1) is 0 Å². The zero-order valence-electron chi connectivity index (χ0n) is 22.5. The monoisotopic (exact) mass is 626 g/mol. The molecule has 19 heteroatoms. The molecule has 42 heavy (non-hydrogen) atoms. The van der Waals surface area contributed by atoms with Crippen molar-refractivity contribution >= 4 is 56.1 Å². The minimum absolute atomic E-state index is 0.0157. The SMILES string of the molecule is CCc1sc(N)nc1/C(=N/O[C@@H](COc1ccc(C(N)=NCCN)cc1)C(=O)O)C(=O)N[C@@H]1C(=O)N(S(=O)(=O)O)[C@H]1C. The Morgan fingerprint density at radius 1 is 1.29 bits per heavy atom. The summed E-state index contributed by atoms with van der Waals surface area (Å²) in [6, 6.07) is 3.87. The summed E-state index contributed by atoms with van der Waals surface area (Å²) in [6.45, 7) is 3.21. The van der Waals surface area contributed by atoms with E-state index in [1.165, 1.54) is 6.92 Å². The Labute approximate surface area is 244 Å². The van der Waals surface area contributed by atoms with Crippen molar-refractivity contribution in [3.8, 4) is 5.75 Å². The molecule has 1 fully saturated rings. The highest BCUT2D eigenvalue weighted by Crippen LogP contribution is 2.25. The van der Waals surface area contributed by atoms with E-state index < -0.39 is 58.6 Å². The Morgan fingerprint density at radius 3 is 2.50 bits per heavy atom. The summed E-state index contributed by atoms with van der Waals surface area (Å²) in [5.41, 5.74) is 17.2. The molecule has 3 atom stereocenters. The number of anilines is 1. The molecule has 228 valence electrons. The molecule has 1 aliphatic rings. The van der Waals surface area contributed by atoms with Gasteiger partial charge < -0.3 is 37.2 Å². The maximum Gasteiger partial charge on any atom is 0.362 e. The van der Waals surface area contributed by atoms with Crippen molar-refractivity contribution in [3.63, 3.8) is 0 Å². The maximum atomic E-state index is 13.2. The quantitative estimate of drug-likeness (QED) is 0.0469. The molecule has 0 bridgehead atoms. The molecular weight excluding hydrogens is 596 g/mol. The van der Waals surface area contributed by atoms with Gasteiger partial charge in [0.2, 0.25) is 0 Å². The Kier molecular flexibility index (Phi) is 10.4. The number of nitrogens with two attached hydrogens (primary N) is 3. The summed E-state index contributed by atoms with van der Waals surface area (Å²) in [7, 11) is -4.83. The molecule has 2 amide bonds. The van der Waals surface area contributed by atoms with Gasteiger partial charge in [0.1, 0.15) is 29.9 Å². The predicted molar refractivity (Wildman–Crippen MR) is 151 cm³/mol. The Hall–Kier alpha value is -4.33. The number of hydrogen-bond donors (Lipinski definition) is 6. The van der Waals surface area contributed by atoms with Crippen LogP contribution in [0.1, 0.15) is 30.0 Å². The van der Waals surface area contributed by atoms with E-state index in [0.717, 1.165) is 11.3 Å². The smallest absolute Gasteiger partial charge is 0.362 e. The number of carboxylic acid groups (broad SMARTS) is 1. The molecule has 1 aromatic carbocycles. The molecule has 0 unspecified atom stereocenters. The van der Waals surface area contributed by atoms with Crippen molar-refractivity contribution in [2.45, 2.75) is 38.5 Å². The van der Waals surface area contributed by atoms with E-state index in [1.807, 2.05) is 0 Å². The van der Waals surface area contributed by atoms with Gasteiger partial charge in [-0.15, -0.1) is 11.3 Å². The van der Waals surface area contributed by atoms with Crippen molar-refractivity contribution in [1.82, 2.24) is 14.6 Å².